The summed E-state index contributed by atoms with van der Waals surface area (Å²) in [6, 6.07) is 4.49. The van der Waals surface area contributed by atoms with Gasteiger partial charge in [0, 0.05) is 37.1 Å². The van der Waals surface area contributed by atoms with E-state index in [1.807, 2.05) is 11.8 Å². The standard InChI is InChI=1S/C16H22FNO2S/c1-3-12-11-18(9-10-21-12)8-7-14(19)16-13(17)5-4-6-15(16)20-2/h4-6,12H,3,7-11H2,1-2H3. The van der Waals surface area contributed by atoms with Crippen LogP contribution in [0.15, 0.2) is 18.2 Å². The van der Waals surface area contributed by atoms with Gasteiger partial charge >= 0.3 is 0 Å². The van der Waals surface area contributed by atoms with Gasteiger partial charge in [-0.2, -0.15) is 11.8 Å². The fourth-order valence-corrected chi connectivity index (χ4v) is 3.81. The monoisotopic (exact) mass is 311 g/mol. The van der Waals surface area contributed by atoms with E-state index in [-0.39, 0.29) is 11.3 Å². The van der Waals surface area contributed by atoms with Gasteiger partial charge in [-0.15, -0.1) is 0 Å². The third kappa shape index (κ3) is 4.20. The van der Waals surface area contributed by atoms with Crippen molar-refractivity contribution in [3.8, 4) is 5.75 Å². The van der Waals surface area contributed by atoms with Crippen molar-refractivity contribution in [2.75, 3.05) is 32.5 Å². The zero-order valence-electron chi connectivity index (χ0n) is 12.6. The summed E-state index contributed by atoms with van der Waals surface area (Å²) in [5, 5.41) is 0.650. The van der Waals surface area contributed by atoms with Crippen LogP contribution in [0.1, 0.15) is 30.1 Å². The van der Waals surface area contributed by atoms with E-state index in [4.69, 9.17) is 4.74 Å². The van der Waals surface area contributed by atoms with Crippen molar-refractivity contribution >= 4 is 17.5 Å². The summed E-state index contributed by atoms with van der Waals surface area (Å²) >= 11 is 2.00. The molecule has 21 heavy (non-hydrogen) atoms. The number of Topliss-reactive ketones (excluding diaryl/α,β-unsaturated/α-hetero) is 1. The van der Waals surface area contributed by atoms with Crippen LogP contribution in [-0.2, 0) is 0 Å². The second-order valence-corrected chi connectivity index (χ2v) is 6.60. The number of carbonyl (C=O) groups is 1. The van der Waals surface area contributed by atoms with Crippen LogP contribution in [0.25, 0.3) is 0 Å². The molecule has 0 spiro atoms. The van der Waals surface area contributed by atoms with Crippen LogP contribution in [0, 0.1) is 5.82 Å². The normalized spacial score (nSPS) is 19.5. The molecule has 1 aliphatic rings. The average Bonchev–Trinajstić information content (AvgIpc) is 2.52. The number of methoxy groups -OCH3 is 1. The fraction of sp³-hybridized carbons (Fsp3) is 0.562. The van der Waals surface area contributed by atoms with Gasteiger partial charge in [0.2, 0.25) is 0 Å². The highest BCUT2D eigenvalue weighted by molar-refractivity contribution is 8.00. The van der Waals surface area contributed by atoms with Gasteiger partial charge in [-0.1, -0.05) is 13.0 Å². The molecule has 0 aliphatic carbocycles. The Morgan fingerprint density at radius 3 is 3.05 bits per heavy atom. The smallest absolute Gasteiger partial charge is 0.170 e. The lowest BCUT2D eigenvalue weighted by molar-refractivity contribution is 0.0957. The molecule has 1 fully saturated rings. The van der Waals surface area contributed by atoms with Crippen molar-refractivity contribution in [1.29, 1.82) is 0 Å². The molecule has 3 nitrogen and oxygen atoms in total. The molecule has 1 heterocycles. The minimum atomic E-state index is -0.500. The van der Waals surface area contributed by atoms with Gasteiger partial charge in [0.15, 0.2) is 5.78 Å². The Morgan fingerprint density at radius 1 is 1.52 bits per heavy atom. The Bertz CT molecular complexity index is 495. The first-order valence-electron chi connectivity index (χ1n) is 7.35. The number of halogens is 1. The number of nitrogens with zero attached hydrogens (tertiary/aromatic N) is 1. The Kier molecular flexibility index (Phi) is 6.06. The molecule has 0 N–H and O–H groups in total. The topological polar surface area (TPSA) is 29.5 Å². The number of ether oxygens (including phenoxy) is 1. The van der Waals surface area contributed by atoms with E-state index >= 15 is 0 Å². The third-order valence-electron chi connectivity index (χ3n) is 3.81. The van der Waals surface area contributed by atoms with E-state index in [1.54, 1.807) is 12.1 Å². The van der Waals surface area contributed by atoms with Crippen molar-refractivity contribution in [2.45, 2.75) is 25.0 Å². The number of hydrogen-bond donors (Lipinski definition) is 0. The van der Waals surface area contributed by atoms with Gasteiger partial charge in [0.05, 0.1) is 12.7 Å². The van der Waals surface area contributed by atoms with E-state index in [9.17, 15) is 9.18 Å². The molecular formula is C16H22FNO2S. The molecule has 5 heteroatoms. The number of thioether (sulfide) groups is 1. The Labute approximate surface area is 129 Å². The van der Waals surface area contributed by atoms with Crippen LogP contribution in [0.4, 0.5) is 4.39 Å². The Hall–Kier alpha value is -1.07. The number of benzene rings is 1. The molecule has 0 aromatic heterocycles. The summed E-state index contributed by atoms with van der Waals surface area (Å²) in [5.74, 6) is 0.743. The number of rotatable bonds is 6. The summed E-state index contributed by atoms with van der Waals surface area (Å²) < 4.78 is 18.9. The quantitative estimate of drug-likeness (QED) is 0.754. The maximum absolute atomic E-state index is 13.9. The maximum atomic E-state index is 13.9. The largest absolute Gasteiger partial charge is 0.496 e. The zero-order chi connectivity index (χ0) is 15.2. The summed E-state index contributed by atoms with van der Waals surface area (Å²) in [6.45, 7) is 4.90. The van der Waals surface area contributed by atoms with Gasteiger partial charge in [0.25, 0.3) is 0 Å². The highest BCUT2D eigenvalue weighted by Crippen LogP contribution is 2.24. The minimum absolute atomic E-state index is 0.0819. The second kappa shape index (κ2) is 7.80. The molecule has 1 aromatic carbocycles. The molecular weight excluding hydrogens is 289 g/mol. The summed E-state index contributed by atoms with van der Waals surface area (Å²) in [7, 11) is 1.46. The maximum Gasteiger partial charge on any atom is 0.170 e. The van der Waals surface area contributed by atoms with E-state index < -0.39 is 5.82 Å². The Balaban J connectivity index is 1.96. The molecule has 1 saturated heterocycles. The molecule has 1 aliphatic heterocycles. The zero-order valence-corrected chi connectivity index (χ0v) is 13.4. The SMILES string of the molecule is CCC1CN(CCC(=O)c2c(F)cccc2OC)CCS1. The van der Waals surface area contributed by atoms with Gasteiger partial charge in [-0.25, -0.2) is 4.39 Å². The van der Waals surface area contributed by atoms with Gasteiger partial charge in [-0.3, -0.25) is 4.79 Å². The number of hydrogen-bond acceptors (Lipinski definition) is 4. The molecule has 1 atom stereocenters. The van der Waals surface area contributed by atoms with Crippen LogP contribution in [0.2, 0.25) is 0 Å². The number of ketones is 1. The van der Waals surface area contributed by atoms with E-state index in [0.717, 1.165) is 25.3 Å². The third-order valence-corrected chi connectivity index (χ3v) is 5.18. The molecule has 1 unspecified atom stereocenters. The lowest BCUT2D eigenvalue weighted by atomic mass is 10.1. The highest BCUT2D eigenvalue weighted by atomic mass is 32.2. The van der Waals surface area contributed by atoms with E-state index in [0.29, 0.717) is 24.0 Å². The summed E-state index contributed by atoms with van der Waals surface area (Å²) in [6.07, 6.45) is 1.48. The van der Waals surface area contributed by atoms with E-state index in [1.165, 1.54) is 13.2 Å². The van der Waals surface area contributed by atoms with Gasteiger partial charge in [0.1, 0.15) is 11.6 Å². The fourth-order valence-electron chi connectivity index (χ4n) is 2.56. The van der Waals surface area contributed by atoms with Crippen molar-refractivity contribution in [2.24, 2.45) is 0 Å². The Morgan fingerprint density at radius 2 is 2.33 bits per heavy atom. The van der Waals surface area contributed by atoms with Gasteiger partial charge < -0.3 is 9.64 Å². The van der Waals surface area contributed by atoms with Crippen LogP contribution < -0.4 is 4.74 Å². The van der Waals surface area contributed by atoms with Crippen LogP contribution >= 0.6 is 11.8 Å². The first kappa shape index (κ1) is 16.3. The molecule has 116 valence electrons. The predicted octanol–water partition coefficient (Wildman–Crippen LogP) is 3.23. The highest BCUT2D eigenvalue weighted by Gasteiger charge is 2.22. The first-order valence-corrected chi connectivity index (χ1v) is 8.40. The van der Waals surface area contributed by atoms with Crippen molar-refractivity contribution < 1.29 is 13.9 Å². The van der Waals surface area contributed by atoms with Crippen molar-refractivity contribution in [1.82, 2.24) is 4.90 Å². The average molecular weight is 311 g/mol. The predicted molar refractivity (Wildman–Crippen MR) is 84.9 cm³/mol. The van der Waals surface area contributed by atoms with Gasteiger partial charge in [-0.05, 0) is 18.6 Å². The molecule has 0 radical (unpaired) electrons. The van der Waals surface area contributed by atoms with Crippen LogP contribution in [0.5, 0.6) is 5.75 Å². The molecule has 0 amide bonds. The molecule has 0 bridgehead atoms. The van der Waals surface area contributed by atoms with Crippen molar-refractivity contribution in [3.63, 3.8) is 0 Å². The summed E-state index contributed by atoms with van der Waals surface area (Å²) in [5.41, 5.74) is 0.0819. The lowest BCUT2D eigenvalue weighted by Crippen LogP contribution is -2.38. The minimum Gasteiger partial charge on any atom is -0.496 e. The molecule has 2 rings (SSSR count). The number of carbonyl (C=O) groups excluding carboxylic acids is 1. The van der Waals surface area contributed by atoms with Crippen molar-refractivity contribution in [3.05, 3.63) is 29.6 Å². The van der Waals surface area contributed by atoms with Crippen LogP contribution in [-0.4, -0.2) is 48.4 Å². The van der Waals surface area contributed by atoms with Crippen LogP contribution in [0.3, 0.4) is 0 Å². The molecule has 1 aromatic rings. The summed E-state index contributed by atoms with van der Waals surface area (Å²) in [4.78, 5) is 14.6. The molecule has 0 saturated carbocycles. The second-order valence-electron chi connectivity index (χ2n) is 5.19. The lowest BCUT2D eigenvalue weighted by Gasteiger charge is -2.31. The first-order chi connectivity index (χ1) is 10.2. The van der Waals surface area contributed by atoms with E-state index in [2.05, 4.69) is 11.8 Å².